The molecule has 2 heterocycles. The molecule has 0 aliphatic heterocycles. The molecule has 4 aliphatic carbocycles. The second-order valence-corrected chi connectivity index (χ2v) is 9.80. The highest BCUT2D eigenvalue weighted by atomic mass is 32.1. The Hall–Kier alpha value is -2.02. The topological polar surface area (TPSA) is 99.1 Å². The van der Waals surface area contributed by atoms with Crippen molar-refractivity contribution in [3.05, 3.63) is 22.1 Å². The minimum Gasteiger partial charge on any atom is -0.369 e. The number of nitrogens with zero attached hydrogens (tertiary/aromatic N) is 2. The second kappa shape index (κ2) is 5.99. The Morgan fingerprint density at radius 3 is 2.67 bits per heavy atom. The van der Waals surface area contributed by atoms with Crippen LogP contribution in [0.1, 0.15) is 54.0 Å². The van der Waals surface area contributed by atoms with Crippen LogP contribution in [-0.2, 0) is 4.79 Å². The first kappa shape index (κ1) is 17.1. The summed E-state index contributed by atoms with van der Waals surface area (Å²) in [7, 11) is 0. The molecule has 1 amide bonds. The Balaban J connectivity index is 1.32. The van der Waals surface area contributed by atoms with Gasteiger partial charge in [0.2, 0.25) is 5.91 Å². The zero-order valence-electron chi connectivity index (χ0n) is 15.3. The van der Waals surface area contributed by atoms with Crippen LogP contribution in [0.3, 0.4) is 0 Å². The number of carbonyl (C=O) groups excluding carboxylic acids is 2. The van der Waals surface area contributed by atoms with Gasteiger partial charge in [0.1, 0.15) is 11.4 Å². The molecule has 0 aromatic carbocycles. The molecule has 142 valence electrons. The minimum absolute atomic E-state index is 0.0301. The summed E-state index contributed by atoms with van der Waals surface area (Å²) in [4.78, 5) is 29.3. The monoisotopic (exact) mass is 385 g/mol. The van der Waals surface area contributed by atoms with E-state index in [1.54, 1.807) is 17.4 Å². The number of Topliss-reactive ketones (excluding diaryl/α,β-unsaturated/α-hetero) is 1. The van der Waals surface area contributed by atoms with Crippen molar-refractivity contribution >= 4 is 23.0 Å². The molecule has 2 atom stereocenters. The molecule has 2 unspecified atom stereocenters. The SMILES string of the molecule is Cc1nc(-c2cc(C(=O)CC3C4CC5CC3CC(C(N)=O)(C5)C4)no2)cs1. The van der Waals surface area contributed by atoms with Gasteiger partial charge in [-0.3, -0.25) is 9.59 Å². The van der Waals surface area contributed by atoms with Crippen molar-refractivity contribution < 1.29 is 14.1 Å². The third-order valence-corrected chi connectivity index (χ3v) is 7.85. The Labute approximate surface area is 161 Å². The standard InChI is InChI=1S/C20H23N3O3S/c1-10-22-16(9-27-10)18-5-15(23-26-18)17(24)4-14-12-2-11-3-13(14)8-20(6-11,7-12)19(21)25/h5,9,11-14H,2-4,6-8H2,1H3,(H2,21,25). The summed E-state index contributed by atoms with van der Waals surface area (Å²) in [5.41, 5.74) is 6.56. The van der Waals surface area contributed by atoms with Gasteiger partial charge in [-0.05, 0) is 62.7 Å². The molecule has 4 saturated carbocycles. The van der Waals surface area contributed by atoms with E-state index in [-0.39, 0.29) is 17.1 Å². The molecule has 6 rings (SSSR count). The maximum absolute atomic E-state index is 12.9. The molecule has 2 N–H and O–H groups in total. The fourth-order valence-corrected chi connectivity index (χ4v) is 6.69. The number of hydrogen-bond acceptors (Lipinski definition) is 6. The Morgan fingerprint density at radius 2 is 2.04 bits per heavy atom. The lowest BCUT2D eigenvalue weighted by Crippen LogP contribution is -2.56. The summed E-state index contributed by atoms with van der Waals surface area (Å²) in [5, 5.41) is 6.85. The first-order valence-corrected chi connectivity index (χ1v) is 10.5. The lowest BCUT2D eigenvalue weighted by atomic mass is 9.45. The summed E-state index contributed by atoms with van der Waals surface area (Å²) in [6.07, 6.45) is 5.41. The van der Waals surface area contributed by atoms with Crippen molar-refractivity contribution in [3.63, 3.8) is 0 Å². The van der Waals surface area contributed by atoms with Crippen LogP contribution in [0, 0.1) is 36.0 Å². The van der Waals surface area contributed by atoms with Crippen molar-refractivity contribution in [1.82, 2.24) is 10.1 Å². The van der Waals surface area contributed by atoms with E-state index in [1.807, 2.05) is 12.3 Å². The van der Waals surface area contributed by atoms with Crippen LogP contribution in [0.2, 0.25) is 0 Å². The fourth-order valence-electron chi connectivity index (χ4n) is 6.09. The maximum atomic E-state index is 12.9. The highest BCUT2D eigenvalue weighted by molar-refractivity contribution is 7.09. The van der Waals surface area contributed by atoms with Crippen LogP contribution < -0.4 is 5.73 Å². The molecule has 2 aromatic heterocycles. The summed E-state index contributed by atoms with van der Waals surface area (Å²) in [6.45, 7) is 1.93. The van der Waals surface area contributed by atoms with Crippen LogP contribution in [0.25, 0.3) is 11.5 Å². The molecule has 4 bridgehead atoms. The first-order valence-electron chi connectivity index (χ1n) is 9.66. The van der Waals surface area contributed by atoms with E-state index in [0.29, 0.717) is 41.5 Å². The molecule has 6 nitrogen and oxygen atoms in total. The first-order chi connectivity index (χ1) is 12.9. The third-order valence-electron chi connectivity index (χ3n) is 7.08. The largest absolute Gasteiger partial charge is 0.369 e. The number of rotatable bonds is 5. The summed E-state index contributed by atoms with van der Waals surface area (Å²) in [6, 6.07) is 1.71. The predicted octanol–water partition coefficient (Wildman–Crippen LogP) is 3.61. The normalized spacial score (nSPS) is 34.1. The van der Waals surface area contributed by atoms with Gasteiger partial charge < -0.3 is 10.3 Å². The Bertz CT molecular complexity index is 901. The maximum Gasteiger partial charge on any atom is 0.223 e. The smallest absolute Gasteiger partial charge is 0.223 e. The zero-order chi connectivity index (χ0) is 18.8. The van der Waals surface area contributed by atoms with E-state index in [2.05, 4.69) is 10.1 Å². The van der Waals surface area contributed by atoms with Gasteiger partial charge in [-0.25, -0.2) is 4.98 Å². The average Bonchev–Trinajstić information content (AvgIpc) is 3.26. The zero-order valence-corrected chi connectivity index (χ0v) is 16.1. The van der Waals surface area contributed by atoms with Gasteiger partial charge in [0.15, 0.2) is 11.5 Å². The molecule has 0 spiro atoms. The number of amides is 1. The van der Waals surface area contributed by atoms with E-state index in [4.69, 9.17) is 10.3 Å². The van der Waals surface area contributed by atoms with Crippen LogP contribution in [0.4, 0.5) is 0 Å². The van der Waals surface area contributed by atoms with E-state index in [0.717, 1.165) is 42.8 Å². The number of hydrogen-bond donors (Lipinski definition) is 1. The summed E-state index contributed by atoms with van der Waals surface area (Å²) >= 11 is 1.54. The molecule has 27 heavy (non-hydrogen) atoms. The number of nitrogens with two attached hydrogens (primary N) is 1. The average molecular weight is 385 g/mol. The number of thiazole rings is 1. The van der Waals surface area contributed by atoms with Crippen molar-refractivity contribution in [2.45, 2.75) is 45.4 Å². The molecule has 4 aliphatic rings. The van der Waals surface area contributed by atoms with Gasteiger partial charge in [-0.2, -0.15) is 0 Å². The van der Waals surface area contributed by atoms with Crippen LogP contribution in [0.15, 0.2) is 16.0 Å². The van der Waals surface area contributed by atoms with E-state index >= 15 is 0 Å². The quantitative estimate of drug-likeness (QED) is 0.793. The van der Waals surface area contributed by atoms with Gasteiger partial charge in [-0.15, -0.1) is 11.3 Å². The predicted molar refractivity (Wildman–Crippen MR) is 100.0 cm³/mol. The van der Waals surface area contributed by atoms with Crippen molar-refractivity contribution in [2.24, 2.45) is 34.8 Å². The Morgan fingerprint density at radius 1 is 1.30 bits per heavy atom. The molecular formula is C20H23N3O3S. The van der Waals surface area contributed by atoms with Gasteiger partial charge in [-0.1, -0.05) is 5.16 Å². The van der Waals surface area contributed by atoms with Crippen LogP contribution in [0.5, 0.6) is 0 Å². The van der Waals surface area contributed by atoms with Gasteiger partial charge in [0.25, 0.3) is 0 Å². The lowest BCUT2D eigenvalue weighted by Gasteiger charge is -2.58. The van der Waals surface area contributed by atoms with Crippen molar-refractivity contribution in [1.29, 1.82) is 0 Å². The number of aromatic nitrogens is 2. The number of carbonyl (C=O) groups is 2. The molecule has 7 heteroatoms. The molecular weight excluding hydrogens is 362 g/mol. The molecule has 2 aromatic rings. The Kier molecular flexibility index (Phi) is 3.79. The third kappa shape index (κ3) is 2.74. The minimum atomic E-state index is -0.306. The molecule has 0 radical (unpaired) electrons. The number of aryl methyl sites for hydroxylation is 1. The van der Waals surface area contributed by atoms with Gasteiger partial charge >= 0.3 is 0 Å². The lowest BCUT2D eigenvalue weighted by molar-refractivity contribution is -0.149. The van der Waals surface area contributed by atoms with Gasteiger partial charge in [0.05, 0.1) is 5.01 Å². The number of ketones is 1. The van der Waals surface area contributed by atoms with E-state index in [9.17, 15) is 9.59 Å². The fraction of sp³-hybridized carbons (Fsp3) is 0.600. The highest BCUT2D eigenvalue weighted by Crippen LogP contribution is 2.62. The summed E-state index contributed by atoms with van der Waals surface area (Å²) in [5.74, 6) is 2.24. The van der Waals surface area contributed by atoms with Crippen LogP contribution in [-0.4, -0.2) is 21.8 Å². The van der Waals surface area contributed by atoms with Crippen molar-refractivity contribution in [3.8, 4) is 11.5 Å². The molecule has 4 fully saturated rings. The molecule has 0 saturated heterocycles. The van der Waals surface area contributed by atoms with E-state index in [1.165, 1.54) is 0 Å². The van der Waals surface area contributed by atoms with Gasteiger partial charge in [0, 0.05) is 23.3 Å². The second-order valence-electron chi connectivity index (χ2n) is 8.73. The van der Waals surface area contributed by atoms with E-state index < -0.39 is 0 Å². The van der Waals surface area contributed by atoms with Crippen molar-refractivity contribution in [2.75, 3.05) is 0 Å². The summed E-state index contributed by atoms with van der Waals surface area (Å²) < 4.78 is 5.35. The highest BCUT2D eigenvalue weighted by Gasteiger charge is 2.57. The van der Waals surface area contributed by atoms with Crippen LogP contribution >= 0.6 is 11.3 Å². The number of primary amides is 1.